The molecule has 2 amide bonds. The van der Waals surface area contributed by atoms with E-state index in [9.17, 15) is 19.5 Å². The number of allylic oxidation sites excluding steroid dienone is 1. The Morgan fingerprint density at radius 3 is 2.56 bits per heavy atom. The van der Waals surface area contributed by atoms with E-state index in [1.54, 1.807) is 33.7 Å². The number of likely N-dealkylation sites (tertiary alicyclic amines) is 1. The fourth-order valence-electron chi connectivity index (χ4n) is 5.96. The van der Waals surface area contributed by atoms with Crippen molar-refractivity contribution in [2.45, 2.75) is 81.5 Å². The van der Waals surface area contributed by atoms with Gasteiger partial charge in [-0.2, -0.15) is 0 Å². The molecule has 2 unspecified atom stereocenters. The average molecular weight is 493 g/mol. The Hall–Kier alpha value is -1.80. The number of rotatable bonds is 12. The monoisotopic (exact) mass is 492 g/mol. The Balaban J connectivity index is 2.01. The Labute approximate surface area is 208 Å². The molecule has 0 aliphatic carbocycles. The molecule has 1 N–H and O–H groups in total. The molecule has 6 atom stereocenters. The summed E-state index contributed by atoms with van der Waals surface area (Å²) in [6.45, 7) is 15.7. The van der Waals surface area contributed by atoms with Gasteiger partial charge in [0.05, 0.1) is 35.8 Å². The highest BCUT2D eigenvalue weighted by Gasteiger charge is 2.75. The van der Waals surface area contributed by atoms with E-state index >= 15 is 0 Å². The summed E-state index contributed by atoms with van der Waals surface area (Å²) in [4.78, 5) is 44.7. The number of carbonyl (C=O) groups excluding carboxylic acids is 3. The number of carbonyl (C=O) groups is 3. The topological polar surface area (TPSA) is 87.2 Å². The molecule has 1 spiro atoms. The van der Waals surface area contributed by atoms with Crippen LogP contribution in [0.2, 0.25) is 0 Å². The minimum absolute atomic E-state index is 0.0307. The molecule has 190 valence electrons. The predicted molar refractivity (Wildman–Crippen MR) is 134 cm³/mol. The number of esters is 1. The maximum absolute atomic E-state index is 14.1. The van der Waals surface area contributed by atoms with Gasteiger partial charge in [0, 0.05) is 17.8 Å². The van der Waals surface area contributed by atoms with E-state index < -0.39 is 28.7 Å². The number of ether oxygens (including phenoxy) is 1. The summed E-state index contributed by atoms with van der Waals surface area (Å²) in [6, 6.07) is -1.29. The maximum Gasteiger partial charge on any atom is 0.310 e. The molecule has 2 bridgehead atoms. The molecule has 0 aromatic carbocycles. The number of hydrogen-bond donors (Lipinski definition) is 1. The first-order valence-corrected chi connectivity index (χ1v) is 13.3. The van der Waals surface area contributed by atoms with Crippen LogP contribution in [0.1, 0.15) is 53.4 Å². The van der Waals surface area contributed by atoms with Crippen molar-refractivity contribution in [1.82, 2.24) is 9.80 Å². The number of hydrogen-bond acceptors (Lipinski definition) is 6. The van der Waals surface area contributed by atoms with Crippen molar-refractivity contribution in [2.75, 3.05) is 19.8 Å². The number of amides is 2. The summed E-state index contributed by atoms with van der Waals surface area (Å²) in [5, 5.41) is 10.2. The van der Waals surface area contributed by atoms with Gasteiger partial charge in [-0.15, -0.1) is 24.9 Å². The van der Waals surface area contributed by atoms with Crippen LogP contribution in [0.15, 0.2) is 25.3 Å². The van der Waals surface area contributed by atoms with E-state index in [0.29, 0.717) is 26.0 Å². The zero-order chi connectivity index (χ0) is 25.2. The Morgan fingerprint density at radius 1 is 1.29 bits per heavy atom. The summed E-state index contributed by atoms with van der Waals surface area (Å²) < 4.78 is 4.91. The maximum atomic E-state index is 14.1. The highest BCUT2D eigenvalue weighted by Crippen LogP contribution is 2.67. The predicted octanol–water partition coefficient (Wildman–Crippen LogP) is 3.03. The van der Waals surface area contributed by atoms with Crippen molar-refractivity contribution in [3.63, 3.8) is 0 Å². The largest absolute Gasteiger partial charge is 0.465 e. The zero-order valence-electron chi connectivity index (χ0n) is 20.9. The van der Waals surface area contributed by atoms with E-state index in [-0.39, 0.29) is 41.6 Å². The molecule has 8 heteroatoms. The smallest absolute Gasteiger partial charge is 0.310 e. The van der Waals surface area contributed by atoms with Crippen LogP contribution in [-0.2, 0) is 19.1 Å². The Bertz CT molecular complexity index is 815. The number of thioether (sulfide) groups is 1. The Kier molecular flexibility index (Phi) is 8.56. The molecule has 0 radical (unpaired) electrons. The van der Waals surface area contributed by atoms with Gasteiger partial charge in [-0.1, -0.05) is 26.0 Å². The third-order valence-corrected chi connectivity index (χ3v) is 9.54. The second kappa shape index (κ2) is 10.9. The van der Waals surface area contributed by atoms with Crippen LogP contribution in [0.25, 0.3) is 0 Å². The van der Waals surface area contributed by atoms with Crippen molar-refractivity contribution in [1.29, 1.82) is 0 Å². The van der Waals surface area contributed by atoms with Crippen molar-refractivity contribution < 1.29 is 24.2 Å². The lowest BCUT2D eigenvalue weighted by atomic mass is 9.71. The first kappa shape index (κ1) is 26.8. The number of aliphatic hydroxyl groups is 1. The van der Waals surface area contributed by atoms with Crippen LogP contribution in [0.4, 0.5) is 0 Å². The van der Waals surface area contributed by atoms with E-state index in [1.165, 1.54) is 0 Å². The second-order valence-electron chi connectivity index (χ2n) is 10.3. The summed E-state index contributed by atoms with van der Waals surface area (Å²) in [5.74, 6) is -1.88. The standard InChI is InChI=1S/C26H40N2O5S/c1-7-9-10-14-33-25(32)20-19-11-12-26(34-19)21(20)23(30)28(18(15-29)16(3)4)22(26)24(31)27(13-8-2)17(5)6/h7-8,16-22,29H,1-2,9-15H2,3-6H3/t18-,19-,20+,21-,22?,26?/m0/s1. The SMILES string of the molecule is C=CCCCOC(=O)[C@@H]1[C@@H]2CCC3(S2)C(C(=O)N(CC=C)C(C)C)N([C@@H](CO)C(C)C)C(=O)[C@H]13. The minimum Gasteiger partial charge on any atom is -0.465 e. The molecule has 0 aromatic rings. The lowest BCUT2D eigenvalue weighted by Gasteiger charge is -2.41. The molecule has 0 aromatic heterocycles. The number of fused-ring (bicyclic) bond motifs is 1. The number of aliphatic hydroxyl groups excluding tert-OH is 1. The first-order valence-electron chi connectivity index (χ1n) is 12.5. The highest BCUT2D eigenvalue weighted by molar-refractivity contribution is 8.02. The van der Waals surface area contributed by atoms with Gasteiger partial charge in [-0.05, 0) is 45.4 Å². The molecule has 3 rings (SSSR count). The lowest BCUT2D eigenvalue weighted by molar-refractivity contribution is -0.155. The Morgan fingerprint density at radius 2 is 2.00 bits per heavy atom. The molecular weight excluding hydrogens is 452 g/mol. The van der Waals surface area contributed by atoms with Crippen LogP contribution in [0.3, 0.4) is 0 Å². The number of nitrogens with zero attached hydrogens (tertiary/aromatic N) is 2. The molecule has 3 fully saturated rings. The molecular formula is C26H40N2O5S. The van der Waals surface area contributed by atoms with Crippen molar-refractivity contribution >= 4 is 29.5 Å². The molecule has 34 heavy (non-hydrogen) atoms. The fraction of sp³-hybridized carbons (Fsp3) is 0.731. The van der Waals surface area contributed by atoms with Crippen molar-refractivity contribution in [2.24, 2.45) is 17.8 Å². The van der Waals surface area contributed by atoms with E-state index in [4.69, 9.17) is 4.74 Å². The van der Waals surface area contributed by atoms with Crippen LogP contribution in [-0.4, -0.2) is 80.6 Å². The molecule has 3 aliphatic heterocycles. The first-order chi connectivity index (χ1) is 16.2. The minimum atomic E-state index is -0.722. The van der Waals surface area contributed by atoms with Crippen LogP contribution in [0, 0.1) is 17.8 Å². The van der Waals surface area contributed by atoms with Gasteiger partial charge in [0.25, 0.3) is 0 Å². The van der Waals surface area contributed by atoms with Gasteiger partial charge in [0.1, 0.15) is 6.04 Å². The highest BCUT2D eigenvalue weighted by atomic mass is 32.2. The van der Waals surface area contributed by atoms with Crippen LogP contribution in [0.5, 0.6) is 0 Å². The third kappa shape index (κ3) is 4.43. The van der Waals surface area contributed by atoms with Crippen molar-refractivity contribution in [3.05, 3.63) is 25.3 Å². The fourth-order valence-corrected chi connectivity index (χ4v) is 8.15. The van der Waals surface area contributed by atoms with Gasteiger partial charge in [0.15, 0.2) is 0 Å². The molecule has 7 nitrogen and oxygen atoms in total. The van der Waals surface area contributed by atoms with Crippen molar-refractivity contribution in [3.8, 4) is 0 Å². The van der Waals surface area contributed by atoms with Gasteiger partial charge >= 0.3 is 5.97 Å². The summed E-state index contributed by atoms with van der Waals surface area (Å²) in [7, 11) is 0. The normalized spacial score (nSPS) is 30.6. The van der Waals surface area contributed by atoms with Crippen LogP contribution >= 0.6 is 11.8 Å². The third-order valence-electron chi connectivity index (χ3n) is 7.59. The van der Waals surface area contributed by atoms with Gasteiger partial charge in [-0.3, -0.25) is 14.4 Å². The summed E-state index contributed by atoms with van der Waals surface area (Å²) in [6.07, 6.45) is 6.41. The second-order valence-corrected chi connectivity index (χ2v) is 11.9. The summed E-state index contributed by atoms with van der Waals surface area (Å²) in [5.41, 5.74) is 0. The average Bonchev–Trinajstić information content (AvgIpc) is 3.42. The van der Waals surface area contributed by atoms with Gasteiger partial charge < -0.3 is 19.6 Å². The van der Waals surface area contributed by atoms with Gasteiger partial charge in [0.2, 0.25) is 11.8 Å². The summed E-state index contributed by atoms with van der Waals surface area (Å²) >= 11 is 1.63. The van der Waals surface area contributed by atoms with Crippen LogP contribution < -0.4 is 0 Å². The van der Waals surface area contributed by atoms with E-state index in [2.05, 4.69) is 13.2 Å². The molecule has 0 saturated carbocycles. The van der Waals surface area contributed by atoms with Gasteiger partial charge in [-0.25, -0.2) is 0 Å². The van der Waals surface area contributed by atoms with E-state index in [0.717, 1.165) is 12.8 Å². The number of unbranched alkanes of at least 4 members (excludes halogenated alkanes) is 1. The molecule has 3 saturated heterocycles. The lowest BCUT2D eigenvalue weighted by Crippen LogP contribution is -2.59. The molecule has 3 aliphatic rings. The van der Waals surface area contributed by atoms with E-state index in [1.807, 2.05) is 27.7 Å². The molecule has 3 heterocycles. The quantitative estimate of drug-likeness (QED) is 0.256. The zero-order valence-corrected chi connectivity index (χ0v) is 21.8.